The molecule has 0 bridgehead atoms. The molecule has 1 saturated heterocycles. The molecule has 1 aliphatic heterocycles. The van der Waals surface area contributed by atoms with Crippen LogP contribution in [0.3, 0.4) is 0 Å². The SMILES string of the molecule is CCCCC[C@@H](/C=C/[C@H]1CCC[C@@H]1CCCCCCCO)OC1CCCCO1. The van der Waals surface area contributed by atoms with Crippen LogP contribution in [0.4, 0.5) is 0 Å². The van der Waals surface area contributed by atoms with Gasteiger partial charge in [-0.1, -0.05) is 70.4 Å². The van der Waals surface area contributed by atoms with Crippen molar-refractivity contribution in [2.24, 2.45) is 11.8 Å². The summed E-state index contributed by atoms with van der Waals surface area (Å²) in [6.45, 7) is 3.48. The van der Waals surface area contributed by atoms with E-state index in [4.69, 9.17) is 14.6 Å². The van der Waals surface area contributed by atoms with Crippen molar-refractivity contribution in [3.05, 3.63) is 12.2 Å². The van der Waals surface area contributed by atoms with E-state index in [1.807, 2.05) is 0 Å². The molecule has 3 nitrogen and oxygen atoms in total. The van der Waals surface area contributed by atoms with Gasteiger partial charge in [0.2, 0.25) is 0 Å². The van der Waals surface area contributed by atoms with Crippen molar-refractivity contribution >= 4 is 0 Å². The van der Waals surface area contributed by atoms with Gasteiger partial charge in [-0.05, 0) is 63.2 Å². The Morgan fingerprint density at radius 2 is 1.82 bits per heavy atom. The lowest BCUT2D eigenvalue weighted by Crippen LogP contribution is -2.27. The van der Waals surface area contributed by atoms with E-state index in [-0.39, 0.29) is 12.4 Å². The van der Waals surface area contributed by atoms with Crippen LogP contribution < -0.4 is 0 Å². The van der Waals surface area contributed by atoms with Crippen LogP contribution in [-0.4, -0.2) is 30.7 Å². The Morgan fingerprint density at radius 3 is 2.61 bits per heavy atom. The van der Waals surface area contributed by atoms with Crippen LogP contribution in [-0.2, 0) is 9.47 Å². The van der Waals surface area contributed by atoms with Gasteiger partial charge in [0.1, 0.15) is 0 Å². The lowest BCUT2D eigenvalue weighted by molar-refractivity contribution is -0.179. The molecule has 1 N–H and O–H groups in total. The number of unbranched alkanes of at least 4 members (excludes halogenated alkanes) is 6. The van der Waals surface area contributed by atoms with E-state index in [0.717, 1.165) is 37.7 Å². The first-order valence-corrected chi connectivity index (χ1v) is 12.4. The largest absolute Gasteiger partial charge is 0.396 e. The summed E-state index contributed by atoms with van der Waals surface area (Å²) in [4.78, 5) is 0. The molecule has 0 amide bonds. The lowest BCUT2D eigenvalue weighted by Gasteiger charge is -2.27. The molecule has 1 unspecified atom stereocenters. The molecule has 3 heteroatoms. The molecule has 4 atom stereocenters. The zero-order valence-corrected chi connectivity index (χ0v) is 18.5. The third kappa shape index (κ3) is 9.89. The Morgan fingerprint density at radius 1 is 0.964 bits per heavy atom. The highest BCUT2D eigenvalue weighted by molar-refractivity contribution is 4.98. The van der Waals surface area contributed by atoms with Crippen molar-refractivity contribution in [3.8, 4) is 0 Å². The fourth-order valence-corrected chi connectivity index (χ4v) is 4.81. The molecule has 1 heterocycles. The van der Waals surface area contributed by atoms with Gasteiger partial charge in [0.05, 0.1) is 6.10 Å². The third-order valence-corrected chi connectivity index (χ3v) is 6.58. The number of ether oxygens (including phenoxy) is 2. The smallest absolute Gasteiger partial charge is 0.158 e. The summed E-state index contributed by atoms with van der Waals surface area (Å²) in [6.07, 6.45) is 25.2. The highest BCUT2D eigenvalue weighted by Gasteiger charge is 2.25. The van der Waals surface area contributed by atoms with Crippen LogP contribution >= 0.6 is 0 Å². The molecule has 164 valence electrons. The minimum absolute atomic E-state index is 0.0170. The van der Waals surface area contributed by atoms with E-state index in [0.29, 0.717) is 6.61 Å². The number of aliphatic hydroxyl groups is 1. The van der Waals surface area contributed by atoms with E-state index >= 15 is 0 Å². The normalized spacial score (nSPS) is 26.9. The number of rotatable bonds is 15. The summed E-state index contributed by atoms with van der Waals surface area (Å²) in [5.74, 6) is 1.62. The minimum atomic E-state index is 0.0170. The highest BCUT2D eigenvalue weighted by Crippen LogP contribution is 2.36. The first kappa shape index (κ1) is 23.9. The number of hydrogen-bond acceptors (Lipinski definition) is 3. The molecule has 2 fully saturated rings. The molecule has 0 radical (unpaired) electrons. The Bertz CT molecular complexity index is 389. The molecule has 2 rings (SSSR count). The van der Waals surface area contributed by atoms with Crippen molar-refractivity contribution in [1.82, 2.24) is 0 Å². The predicted molar refractivity (Wildman–Crippen MR) is 117 cm³/mol. The second-order valence-electron chi connectivity index (χ2n) is 8.99. The zero-order valence-electron chi connectivity index (χ0n) is 18.5. The standard InChI is InChI=1S/C25H46O3/c1-2-3-7-16-24(28-25-17-9-11-21-27-25)19-18-23-15-12-14-22(23)13-8-5-4-6-10-20-26/h18-19,22-26H,2-17,20-21H2,1H3/b19-18+/t22-,23+,24-,25?/m0/s1. The van der Waals surface area contributed by atoms with Crippen molar-refractivity contribution in [1.29, 1.82) is 0 Å². The molecule has 0 spiro atoms. The maximum Gasteiger partial charge on any atom is 0.158 e. The average molecular weight is 395 g/mol. The molecular weight excluding hydrogens is 348 g/mol. The van der Waals surface area contributed by atoms with E-state index in [9.17, 15) is 0 Å². The maximum absolute atomic E-state index is 8.88. The van der Waals surface area contributed by atoms with Crippen LogP contribution in [0.1, 0.15) is 110 Å². The van der Waals surface area contributed by atoms with Gasteiger partial charge in [0.25, 0.3) is 0 Å². The number of aliphatic hydroxyl groups excluding tert-OH is 1. The van der Waals surface area contributed by atoms with Gasteiger partial charge in [0, 0.05) is 13.2 Å². The van der Waals surface area contributed by atoms with Crippen LogP contribution in [0.25, 0.3) is 0 Å². The molecule has 2 aliphatic rings. The van der Waals surface area contributed by atoms with Crippen molar-refractivity contribution < 1.29 is 14.6 Å². The predicted octanol–water partition coefficient (Wildman–Crippen LogP) is 6.78. The monoisotopic (exact) mass is 394 g/mol. The van der Waals surface area contributed by atoms with E-state index < -0.39 is 0 Å². The molecule has 0 aromatic carbocycles. The zero-order chi connectivity index (χ0) is 19.9. The molecule has 1 aliphatic carbocycles. The van der Waals surface area contributed by atoms with Crippen LogP contribution in [0.15, 0.2) is 12.2 Å². The first-order chi connectivity index (χ1) is 13.8. The summed E-state index contributed by atoms with van der Waals surface area (Å²) in [5.41, 5.74) is 0. The van der Waals surface area contributed by atoms with Gasteiger partial charge in [-0.25, -0.2) is 0 Å². The Hall–Kier alpha value is -0.380. The molecule has 1 saturated carbocycles. The van der Waals surface area contributed by atoms with Crippen molar-refractivity contribution in [3.63, 3.8) is 0 Å². The Balaban J connectivity index is 1.75. The number of allylic oxidation sites excluding steroid dienone is 1. The van der Waals surface area contributed by atoms with Gasteiger partial charge in [0.15, 0.2) is 6.29 Å². The fourth-order valence-electron chi connectivity index (χ4n) is 4.81. The minimum Gasteiger partial charge on any atom is -0.396 e. The fraction of sp³-hybridized carbons (Fsp3) is 0.920. The van der Waals surface area contributed by atoms with Crippen LogP contribution in [0, 0.1) is 11.8 Å². The van der Waals surface area contributed by atoms with Crippen LogP contribution in [0.5, 0.6) is 0 Å². The van der Waals surface area contributed by atoms with Gasteiger partial charge in [-0.2, -0.15) is 0 Å². The lowest BCUT2D eigenvalue weighted by atomic mass is 9.89. The molecule has 28 heavy (non-hydrogen) atoms. The summed E-state index contributed by atoms with van der Waals surface area (Å²) < 4.78 is 12.2. The van der Waals surface area contributed by atoms with E-state index in [2.05, 4.69) is 19.1 Å². The number of hydrogen-bond donors (Lipinski definition) is 1. The van der Waals surface area contributed by atoms with Crippen molar-refractivity contribution in [2.45, 2.75) is 122 Å². The average Bonchev–Trinajstić information content (AvgIpc) is 3.17. The Kier molecular flexibility index (Phi) is 13.2. The Labute approximate surface area is 174 Å². The second kappa shape index (κ2) is 15.5. The van der Waals surface area contributed by atoms with Crippen LogP contribution in [0.2, 0.25) is 0 Å². The topological polar surface area (TPSA) is 38.7 Å². The maximum atomic E-state index is 8.88. The van der Waals surface area contributed by atoms with Crippen molar-refractivity contribution in [2.75, 3.05) is 13.2 Å². The molecule has 0 aromatic rings. The van der Waals surface area contributed by atoms with E-state index in [1.165, 1.54) is 83.5 Å². The van der Waals surface area contributed by atoms with Gasteiger partial charge < -0.3 is 14.6 Å². The summed E-state index contributed by atoms with van der Waals surface area (Å²) in [7, 11) is 0. The second-order valence-corrected chi connectivity index (χ2v) is 8.99. The summed E-state index contributed by atoms with van der Waals surface area (Å²) in [6, 6.07) is 0. The van der Waals surface area contributed by atoms with E-state index in [1.54, 1.807) is 0 Å². The van der Waals surface area contributed by atoms with Gasteiger partial charge in [-0.15, -0.1) is 0 Å². The first-order valence-electron chi connectivity index (χ1n) is 12.4. The van der Waals surface area contributed by atoms with Gasteiger partial charge in [-0.3, -0.25) is 0 Å². The summed E-state index contributed by atoms with van der Waals surface area (Å²) >= 11 is 0. The summed E-state index contributed by atoms with van der Waals surface area (Å²) in [5, 5.41) is 8.88. The quantitative estimate of drug-likeness (QED) is 0.246. The molecular formula is C25H46O3. The third-order valence-electron chi connectivity index (χ3n) is 6.58. The molecule has 0 aromatic heterocycles. The highest BCUT2D eigenvalue weighted by atomic mass is 16.7. The van der Waals surface area contributed by atoms with Gasteiger partial charge >= 0.3 is 0 Å².